The second-order valence-electron chi connectivity index (χ2n) is 9.18. The van der Waals surface area contributed by atoms with E-state index in [1.807, 2.05) is 18.2 Å². The maximum absolute atomic E-state index is 8.78. The molecule has 1 unspecified atom stereocenters. The summed E-state index contributed by atoms with van der Waals surface area (Å²) in [7, 11) is 0. The van der Waals surface area contributed by atoms with Gasteiger partial charge in [-0.1, -0.05) is 0 Å². The van der Waals surface area contributed by atoms with E-state index in [0.29, 0.717) is 23.0 Å². The van der Waals surface area contributed by atoms with Crippen LogP contribution in [0.15, 0.2) is 47.7 Å². The fourth-order valence-corrected chi connectivity index (χ4v) is 4.13. The molecule has 172 valence electrons. The molecule has 1 saturated heterocycles. The zero-order chi connectivity index (χ0) is 23.0. The van der Waals surface area contributed by atoms with Gasteiger partial charge in [0.25, 0.3) is 0 Å². The van der Waals surface area contributed by atoms with E-state index < -0.39 is 0 Å². The van der Waals surface area contributed by atoms with Crippen LogP contribution < -0.4 is 15.4 Å². The highest BCUT2D eigenvalue weighted by atomic mass is 16.5. The minimum absolute atomic E-state index is 0.0931. The van der Waals surface area contributed by atoms with Crippen LogP contribution in [0, 0.1) is 5.41 Å². The molecule has 0 amide bonds. The fraction of sp³-hybridized carbons (Fsp3) is 0.417. The summed E-state index contributed by atoms with van der Waals surface area (Å²) in [5.41, 5.74) is 9.01. The average Bonchev–Trinajstić information content (AvgIpc) is 3.31. The summed E-state index contributed by atoms with van der Waals surface area (Å²) in [6, 6.07) is 7.69. The quantitative estimate of drug-likeness (QED) is 0.419. The van der Waals surface area contributed by atoms with Crippen molar-refractivity contribution in [2.24, 2.45) is 0 Å². The molecule has 2 fully saturated rings. The number of nitrogens with two attached hydrogens (primary N) is 1. The highest BCUT2D eigenvalue weighted by molar-refractivity contribution is 6.13. The Balaban J connectivity index is 1.30. The van der Waals surface area contributed by atoms with Crippen LogP contribution in [0.25, 0.3) is 0 Å². The van der Waals surface area contributed by atoms with E-state index in [2.05, 4.69) is 38.6 Å². The lowest BCUT2D eigenvalue weighted by Gasteiger charge is -2.40. The smallest absolute Gasteiger partial charge is 0.180 e. The molecule has 9 heteroatoms. The maximum Gasteiger partial charge on any atom is 0.180 e. The van der Waals surface area contributed by atoms with Crippen LogP contribution >= 0.6 is 0 Å². The molecule has 1 atom stereocenters. The highest BCUT2D eigenvalue weighted by Crippen LogP contribution is 2.40. The van der Waals surface area contributed by atoms with Gasteiger partial charge >= 0.3 is 0 Å². The van der Waals surface area contributed by atoms with E-state index in [4.69, 9.17) is 20.3 Å². The molecule has 0 spiro atoms. The minimum Gasteiger partial charge on any atom is -0.488 e. The van der Waals surface area contributed by atoms with Crippen molar-refractivity contribution in [3.63, 3.8) is 0 Å². The van der Waals surface area contributed by atoms with Crippen molar-refractivity contribution in [2.45, 2.75) is 44.9 Å². The van der Waals surface area contributed by atoms with Gasteiger partial charge in [-0.15, -0.1) is 0 Å². The third-order valence-corrected chi connectivity index (χ3v) is 6.46. The number of nitrogens with one attached hydrogen (secondary N) is 1. The summed E-state index contributed by atoms with van der Waals surface area (Å²) >= 11 is 0. The number of rotatable bonds is 7. The molecular formula is C24H29N7O2. The van der Waals surface area contributed by atoms with Gasteiger partial charge in [0.15, 0.2) is 6.39 Å². The second kappa shape index (κ2) is 8.47. The largest absolute Gasteiger partial charge is 0.488 e. The van der Waals surface area contributed by atoms with Gasteiger partial charge in [0.2, 0.25) is 0 Å². The number of anilines is 2. The number of oxazole rings is 1. The lowest BCUT2D eigenvalue weighted by molar-refractivity contribution is 0.178. The van der Waals surface area contributed by atoms with Gasteiger partial charge in [-0.3, -0.25) is 10.3 Å². The Hall–Kier alpha value is -3.46. The number of hydrogen-bond acceptors (Lipinski definition) is 9. The number of piperazine rings is 1. The first kappa shape index (κ1) is 21.4. The van der Waals surface area contributed by atoms with Gasteiger partial charge in [0.05, 0.1) is 17.1 Å². The topological polar surface area (TPSA) is 117 Å². The van der Waals surface area contributed by atoms with Crippen molar-refractivity contribution in [3.8, 4) is 5.75 Å². The molecule has 3 heterocycles. The van der Waals surface area contributed by atoms with Crippen molar-refractivity contribution in [2.75, 3.05) is 30.3 Å². The first-order valence-electron chi connectivity index (χ1n) is 11.3. The summed E-state index contributed by atoms with van der Waals surface area (Å²) < 4.78 is 11.2. The first-order chi connectivity index (χ1) is 15.9. The Morgan fingerprint density at radius 2 is 2.09 bits per heavy atom. The van der Waals surface area contributed by atoms with Crippen LogP contribution in [0.5, 0.6) is 5.75 Å². The molecule has 3 N–H and O–H groups in total. The third kappa shape index (κ3) is 4.68. The second-order valence-corrected chi connectivity index (χ2v) is 9.18. The van der Waals surface area contributed by atoms with Crippen molar-refractivity contribution in [1.82, 2.24) is 19.9 Å². The number of nitrogens with zero attached hydrogens (tertiary/aromatic N) is 5. The van der Waals surface area contributed by atoms with Crippen LogP contribution in [-0.2, 0) is 6.54 Å². The van der Waals surface area contributed by atoms with E-state index in [1.165, 1.54) is 12.7 Å². The predicted molar refractivity (Wildman–Crippen MR) is 126 cm³/mol. The van der Waals surface area contributed by atoms with Crippen LogP contribution in [0.3, 0.4) is 0 Å². The average molecular weight is 448 g/mol. The summed E-state index contributed by atoms with van der Waals surface area (Å²) in [6.07, 6.45) is 6.77. The number of ether oxygens (including phenoxy) is 1. The Kier molecular flexibility index (Phi) is 5.49. The van der Waals surface area contributed by atoms with Crippen LogP contribution in [0.2, 0.25) is 0 Å². The standard InChI is InChI=1S/C24H29N7O2/c1-16-11-31(8-7-30(16)12-17-13-32-15-29-17)22-10-21(27-14-28-22)23(26)19-9-18(3-4-20(19)25)33-24(2)5-6-24/h3-4,9-10,13-16,26H,5-8,11-12,25H2,1-2H3. The molecular weight excluding hydrogens is 418 g/mol. The molecule has 1 aliphatic carbocycles. The van der Waals surface area contributed by atoms with Crippen molar-refractivity contribution in [3.05, 3.63) is 60.2 Å². The van der Waals surface area contributed by atoms with Gasteiger partial charge < -0.3 is 19.8 Å². The van der Waals surface area contributed by atoms with E-state index in [1.54, 1.807) is 12.3 Å². The molecule has 33 heavy (non-hydrogen) atoms. The van der Waals surface area contributed by atoms with E-state index in [9.17, 15) is 0 Å². The zero-order valence-electron chi connectivity index (χ0n) is 19.0. The molecule has 1 saturated carbocycles. The monoisotopic (exact) mass is 447 g/mol. The molecule has 0 bridgehead atoms. The summed E-state index contributed by atoms with van der Waals surface area (Å²) in [5.74, 6) is 1.55. The van der Waals surface area contributed by atoms with Crippen molar-refractivity contribution < 1.29 is 9.15 Å². The predicted octanol–water partition coefficient (Wildman–Crippen LogP) is 3.10. The van der Waals surface area contributed by atoms with Gasteiger partial charge in [0, 0.05) is 49.5 Å². The summed E-state index contributed by atoms with van der Waals surface area (Å²) in [6.45, 7) is 7.60. The minimum atomic E-state index is -0.0931. The Morgan fingerprint density at radius 1 is 1.24 bits per heavy atom. The molecule has 5 rings (SSSR count). The molecule has 2 aromatic heterocycles. The Bertz CT molecular complexity index is 1140. The van der Waals surface area contributed by atoms with Crippen LogP contribution in [0.1, 0.15) is 43.6 Å². The Labute approximate surface area is 193 Å². The summed E-state index contributed by atoms with van der Waals surface area (Å²) in [4.78, 5) is 17.7. The van der Waals surface area contributed by atoms with E-state index in [-0.39, 0.29) is 11.3 Å². The molecule has 1 aliphatic heterocycles. The lowest BCUT2D eigenvalue weighted by Crippen LogP contribution is -2.51. The van der Waals surface area contributed by atoms with E-state index >= 15 is 0 Å². The zero-order valence-corrected chi connectivity index (χ0v) is 19.0. The maximum atomic E-state index is 8.78. The third-order valence-electron chi connectivity index (χ3n) is 6.46. The van der Waals surface area contributed by atoms with Crippen LogP contribution in [0.4, 0.5) is 11.5 Å². The molecule has 9 nitrogen and oxygen atoms in total. The van der Waals surface area contributed by atoms with Crippen molar-refractivity contribution in [1.29, 1.82) is 5.41 Å². The van der Waals surface area contributed by atoms with Crippen molar-refractivity contribution >= 4 is 17.2 Å². The lowest BCUT2D eigenvalue weighted by atomic mass is 10.0. The number of hydrogen-bond donors (Lipinski definition) is 2. The SMILES string of the molecule is CC1CN(c2cc(C(=N)c3cc(OC4(C)CC4)ccc3N)ncn2)CCN1Cc1cocn1. The molecule has 2 aliphatic rings. The van der Waals surface area contributed by atoms with Crippen LogP contribution in [-0.4, -0.2) is 56.8 Å². The van der Waals surface area contributed by atoms with Gasteiger partial charge in [-0.25, -0.2) is 15.0 Å². The first-order valence-corrected chi connectivity index (χ1v) is 11.3. The molecule has 3 aromatic rings. The van der Waals surface area contributed by atoms with E-state index in [0.717, 1.165) is 56.3 Å². The highest BCUT2D eigenvalue weighted by Gasteiger charge is 2.40. The number of aromatic nitrogens is 3. The molecule has 1 aromatic carbocycles. The normalized spacial score (nSPS) is 19.9. The van der Waals surface area contributed by atoms with Gasteiger partial charge in [0.1, 0.15) is 29.8 Å². The molecule has 0 radical (unpaired) electrons. The fourth-order valence-electron chi connectivity index (χ4n) is 4.13. The van der Waals surface area contributed by atoms with Gasteiger partial charge in [-0.2, -0.15) is 0 Å². The summed E-state index contributed by atoms with van der Waals surface area (Å²) in [5, 5.41) is 8.78. The number of benzene rings is 1. The van der Waals surface area contributed by atoms with Gasteiger partial charge in [-0.05, 0) is 44.9 Å². The number of nitrogen functional groups attached to an aromatic ring is 1. The Morgan fingerprint density at radius 3 is 2.82 bits per heavy atom.